The lowest BCUT2D eigenvalue weighted by Crippen LogP contribution is -2.55. The van der Waals surface area contributed by atoms with E-state index in [1.807, 2.05) is 6.07 Å². The summed E-state index contributed by atoms with van der Waals surface area (Å²) in [6.07, 6.45) is 0. The van der Waals surface area contributed by atoms with Crippen molar-refractivity contribution in [2.45, 2.75) is 19.9 Å². The summed E-state index contributed by atoms with van der Waals surface area (Å²) in [5.41, 5.74) is 5.44. The molecule has 0 unspecified atom stereocenters. The number of carbonyl (C=O) groups is 4. The van der Waals surface area contributed by atoms with Gasteiger partial charge in [0.1, 0.15) is 17.5 Å². The van der Waals surface area contributed by atoms with Gasteiger partial charge in [-0.2, -0.15) is 0 Å². The maximum Gasteiger partial charge on any atom is 0.276 e. The molecule has 198 valence electrons. The molecule has 38 heavy (non-hydrogen) atoms. The van der Waals surface area contributed by atoms with E-state index in [0.717, 1.165) is 0 Å². The van der Waals surface area contributed by atoms with Crippen molar-refractivity contribution < 1.29 is 28.7 Å². The molecule has 3 rings (SSSR count). The highest BCUT2D eigenvalue weighted by Crippen LogP contribution is 2.18. The van der Waals surface area contributed by atoms with E-state index >= 15 is 0 Å². The van der Waals surface area contributed by atoms with Crippen LogP contribution in [0.4, 0.5) is 5.69 Å². The Kier molecular flexibility index (Phi) is 9.81. The number of methoxy groups -OCH3 is 1. The second-order valence-electron chi connectivity index (χ2n) is 8.56. The summed E-state index contributed by atoms with van der Waals surface area (Å²) >= 11 is 0. The molecule has 3 aromatic carbocycles. The Morgan fingerprint density at radius 1 is 0.763 bits per heavy atom. The summed E-state index contributed by atoms with van der Waals surface area (Å²) in [7, 11) is 1.53. The molecule has 4 N–H and O–H groups in total. The normalized spacial score (nSPS) is 11.2. The molecule has 1 atom stereocenters. The van der Waals surface area contributed by atoms with Crippen molar-refractivity contribution in [1.82, 2.24) is 16.2 Å². The highest BCUT2D eigenvalue weighted by molar-refractivity contribution is 6.09. The fourth-order valence-electron chi connectivity index (χ4n) is 3.39. The number of nitrogens with one attached hydrogen (secondary N) is 4. The molecule has 10 nitrogen and oxygen atoms in total. The predicted octanol–water partition coefficient (Wildman–Crippen LogP) is 2.93. The van der Waals surface area contributed by atoms with Gasteiger partial charge in [-0.05, 0) is 54.4 Å². The molecule has 10 heteroatoms. The highest BCUT2D eigenvalue weighted by atomic mass is 16.5. The van der Waals surface area contributed by atoms with Crippen molar-refractivity contribution in [2.75, 3.05) is 19.0 Å². The Hall–Kier alpha value is -4.86. The summed E-state index contributed by atoms with van der Waals surface area (Å²) in [6, 6.07) is 20.8. The Bertz CT molecular complexity index is 1260. The van der Waals surface area contributed by atoms with E-state index in [2.05, 4.69) is 21.5 Å². The third-order valence-electron chi connectivity index (χ3n) is 5.45. The zero-order valence-electron chi connectivity index (χ0n) is 21.3. The number of hydrazine groups is 1. The highest BCUT2D eigenvalue weighted by Gasteiger charge is 2.26. The molecule has 3 aromatic rings. The average molecular weight is 519 g/mol. The number of hydrogen-bond donors (Lipinski definition) is 4. The van der Waals surface area contributed by atoms with Crippen molar-refractivity contribution in [3.05, 3.63) is 90.0 Å². The molecule has 0 aliphatic carbocycles. The summed E-state index contributed by atoms with van der Waals surface area (Å²) in [5.74, 6) is -1.34. The number of rotatable bonds is 10. The van der Waals surface area contributed by atoms with Crippen LogP contribution in [0, 0.1) is 5.92 Å². The van der Waals surface area contributed by atoms with Crippen LogP contribution in [0.1, 0.15) is 34.6 Å². The summed E-state index contributed by atoms with van der Waals surface area (Å²) in [4.78, 5) is 50.7. The minimum atomic E-state index is -0.969. The summed E-state index contributed by atoms with van der Waals surface area (Å²) in [5, 5.41) is 5.41. The fraction of sp³-hybridized carbons (Fsp3) is 0.214. The third kappa shape index (κ3) is 7.82. The molecule has 0 spiro atoms. The van der Waals surface area contributed by atoms with Gasteiger partial charge in [-0.25, -0.2) is 0 Å². The Balaban J connectivity index is 1.60. The van der Waals surface area contributed by atoms with Crippen LogP contribution in [-0.2, 0) is 9.59 Å². The van der Waals surface area contributed by atoms with Crippen molar-refractivity contribution >= 4 is 29.3 Å². The van der Waals surface area contributed by atoms with Gasteiger partial charge >= 0.3 is 0 Å². The maximum absolute atomic E-state index is 13.1. The third-order valence-corrected chi connectivity index (χ3v) is 5.45. The van der Waals surface area contributed by atoms with Crippen LogP contribution in [0.2, 0.25) is 0 Å². The van der Waals surface area contributed by atoms with Crippen LogP contribution in [-0.4, -0.2) is 43.4 Å². The van der Waals surface area contributed by atoms with E-state index in [1.54, 1.807) is 80.6 Å². The smallest absolute Gasteiger partial charge is 0.276 e. The number of para-hydroxylation sites is 2. The van der Waals surface area contributed by atoms with E-state index < -0.39 is 29.7 Å². The van der Waals surface area contributed by atoms with Crippen LogP contribution in [0.25, 0.3) is 0 Å². The average Bonchev–Trinajstić information content (AvgIpc) is 2.94. The number of carbonyl (C=O) groups excluding carboxylic acids is 4. The lowest BCUT2D eigenvalue weighted by atomic mass is 10.0. The van der Waals surface area contributed by atoms with Gasteiger partial charge in [0.05, 0.1) is 18.4 Å². The molecule has 4 amide bonds. The molecule has 0 saturated carbocycles. The minimum absolute atomic E-state index is 0.174. The zero-order valence-corrected chi connectivity index (χ0v) is 21.3. The first kappa shape index (κ1) is 27.7. The fourth-order valence-corrected chi connectivity index (χ4v) is 3.39. The first-order chi connectivity index (χ1) is 18.3. The molecule has 0 saturated heterocycles. The number of amides is 4. The van der Waals surface area contributed by atoms with Gasteiger partial charge < -0.3 is 20.1 Å². The molecule has 0 aliphatic rings. The van der Waals surface area contributed by atoms with Crippen LogP contribution < -0.4 is 31.0 Å². The van der Waals surface area contributed by atoms with Gasteiger partial charge in [0.15, 0.2) is 6.61 Å². The van der Waals surface area contributed by atoms with E-state index in [4.69, 9.17) is 9.47 Å². The lowest BCUT2D eigenvalue weighted by molar-refractivity contribution is -0.131. The standard InChI is InChI=1S/C28H30N4O6/c1-18(2)25(28(36)32-31-24(33)17-38-21-9-5-4-6-10-21)30-27(35)22-11-7-8-12-23(22)29-26(34)19-13-15-20(37-3)16-14-19/h4-16,18,25H,17H2,1-3H3,(H,29,34)(H,30,35)(H,31,33)(H,32,36)/t25-/m0/s1. The first-order valence-corrected chi connectivity index (χ1v) is 11.9. The molecule has 0 aliphatic heterocycles. The number of ether oxygens (including phenoxy) is 2. The number of benzene rings is 3. The second-order valence-corrected chi connectivity index (χ2v) is 8.56. The van der Waals surface area contributed by atoms with Crippen LogP contribution in [0.3, 0.4) is 0 Å². The monoisotopic (exact) mass is 518 g/mol. The quantitative estimate of drug-likeness (QED) is 0.305. The predicted molar refractivity (Wildman–Crippen MR) is 142 cm³/mol. The Labute approximate surface area is 220 Å². The SMILES string of the molecule is COc1ccc(C(=O)Nc2ccccc2C(=O)N[C@H](C(=O)NNC(=O)COc2ccccc2)C(C)C)cc1. The molecular weight excluding hydrogens is 488 g/mol. The van der Waals surface area contributed by atoms with Gasteiger partial charge in [-0.1, -0.05) is 44.2 Å². The Morgan fingerprint density at radius 2 is 1.42 bits per heavy atom. The Morgan fingerprint density at radius 3 is 2.08 bits per heavy atom. The summed E-state index contributed by atoms with van der Waals surface area (Å²) < 4.78 is 10.5. The first-order valence-electron chi connectivity index (χ1n) is 11.9. The van der Waals surface area contributed by atoms with Crippen molar-refractivity contribution in [3.63, 3.8) is 0 Å². The maximum atomic E-state index is 13.1. The molecule has 0 heterocycles. The van der Waals surface area contributed by atoms with Crippen LogP contribution in [0.5, 0.6) is 11.5 Å². The van der Waals surface area contributed by atoms with Crippen LogP contribution in [0.15, 0.2) is 78.9 Å². The van der Waals surface area contributed by atoms with Crippen molar-refractivity contribution in [1.29, 1.82) is 0 Å². The van der Waals surface area contributed by atoms with E-state index in [9.17, 15) is 19.2 Å². The number of hydrogen-bond acceptors (Lipinski definition) is 6. The minimum Gasteiger partial charge on any atom is -0.497 e. The van der Waals surface area contributed by atoms with E-state index in [-0.39, 0.29) is 23.8 Å². The van der Waals surface area contributed by atoms with E-state index in [0.29, 0.717) is 17.1 Å². The van der Waals surface area contributed by atoms with E-state index in [1.165, 1.54) is 13.2 Å². The van der Waals surface area contributed by atoms with Gasteiger partial charge in [0.25, 0.3) is 23.6 Å². The van der Waals surface area contributed by atoms with Gasteiger partial charge in [-0.3, -0.25) is 30.0 Å². The molecular formula is C28H30N4O6. The lowest BCUT2D eigenvalue weighted by Gasteiger charge is -2.22. The van der Waals surface area contributed by atoms with Gasteiger partial charge in [0.2, 0.25) is 0 Å². The molecule has 0 aromatic heterocycles. The van der Waals surface area contributed by atoms with Crippen molar-refractivity contribution in [2.24, 2.45) is 5.92 Å². The van der Waals surface area contributed by atoms with Crippen molar-refractivity contribution in [3.8, 4) is 11.5 Å². The van der Waals surface area contributed by atoms with Crippen LogP contribution >= 0.6 is 0 Å². The molecule has 0 radical (unpaired) electrons. The molecule has 0 fully saturated rings. The molecule has 0 bridgehead atoms. The number of anilines is 1. The second kappa shape index (κ2) is 13.4. The summed E-state index contributed by atoms with van der Waals surface area (Å²) in [6.45, 7) is 3.20. The van der Waals surface area contributed by atoms with Gasteiger partial charge in [-0.15, -0.1) is 0 Å². The zero-order chi connectivity index (χ0) is 27.5. The largest absolute Gasteiger partial charge is 0.497 e. The topological polar surface area (TPSA) is 135 Å². The van der Waals surface area contributed by atoms with Gasteiger partial charge in [0, 0.05) is 5.56 Å².